The zero-order valence-electron chi connectivity index (χ0n) is 21.0. The third-order valence-electron chi connectivity index (χ3n) is 6.18. The van der Waals surface area contributed by atoms with Crippen LogP contribution in [0.3, 0.4) is 0 Å². The van der Waals surface area contributed by atoms with Gasteiger partial charge in [0.2, 0.25) is 0 Å². The quantitative estimate of drug-likeness (QED) is 0.308. The highest BCUT2D eigenvalue weighted by molar-refractivity contribution is 6.76. The van der Waals surface area contributed by atoms with Gasteiger partial charge in [-0.15, -0.1) is 6.58 Å². The van der Waals surface area contributed by atoms with Crippen LogP contribution < -0.4 is 0 Å². The zero-order valence-corrected chi connectivity index (χ0v) is 22.0. The summed E-state index contributed by atoms with van der Waals surface area (Å²) in [5, 5.41) is 0. The number of benzene rings is 2. The highest BCUT2D eigenvalue weighted by Crippen LogP contribution is 2.37. The lowest BCUT2D eigenvalue weighted by Gasteiger charge is -2.49. The molecule has 2 saturated heterocycles. The topological polar surface area (TPSA) is 55.4 Å². The van der Waals surface area contributed by atoms with Crippen molar-refractivity contribution >= 4 is 8.07 Å². The Bertz CT molecular complexity index is 903. The van der Waals surface area contributed by atoms with E-state index in [1.807, 2.05) is 48.5 Å². The minimum absolute atomic E-state index is 0.323. The van der Waals surface area contributed by atoms with Crippen molar-refractivity contribution in [2.75, 3.05) is 19.8 Å². The van der Waals surface area contributed by atoms with Crippen LogP contribution >= 0.6 is 0 Å². The van der Waals surface area contributed by atoms with E-state index >= 15 is 0 Å². The zero-order chi connectivity index (χ0) is 24.7. The van der Waals surface area contributed by atoms with Crippen LogP contribution in [0.5, 0.6) is 0 Å². The highest BCUT2D eigenvalue weighted by atomic mass is 28.3. The summed E-state index contributed by atoms with van der Waals surface area (Å²) in [6, 6.07) is 21.1. The molecule has 0 aromatic heterocycles. The number of hydrogen-bond acceptors (Lipinski definition) is 6. The van der Waals surface area contributed by atoms with Crippen molar-refractivity contribution in [3.8, 4) is 0 Å². The Morgan fingerprint density at radius 3 is 2.31 bits per heavy atom. The largest absolute Gasteiger partial charge is 0.368 e. The highest BCUT2D eigenvalue weighted by Gasteiger charge is 2.51. The van der Waals surface area contributed by atoms with Crippen LogP contribution in [0.1, 0.15) is 17.4 Å². The fraction of sp³-hybridized carbons (Fsp3) is 0.500. The second-order valence-electron chi connectivity index (χ2n) is 10.2. The van der Waals surface area contributed by atoms with Gasteiger partial charge in [-0.2, -0.15) is 0 Å². The summed E-state index contributed by atoms with van der Waals surface area (Å²) in [7, 11) is -1.26. The lowest BCUT2D eigenvalue weighted by molar-refractivity contribution is -0.370. The van der Waals surface area contributed by atoms with Gasteiger partial charge in [-0.1, -0.05) is 86.4 Å². The standard InChI is InChI=1S/C28H38O6Si/c1-5-16-29-26-25(31-19-21-12-8-6-9-13-21)24-23(33-28(26)30-17-18-35(2,3)4)20-32-27(34-24)22-14-10-7-11-15-22/h5-15,23-28H,1,16-20H2,2-4H3/t23-,24+,25+,26-,27-,28-/m1/s1. The molecule has 2 heterocycles. The van der Waals surface area contributed by atoms with Gasteiger partial charge < -0.3 is 28.4 Å². The molecule has 4 rings (SSSR count). The van der Waals surface area contributed by atoms with Crippen molar-refractivity contribution in [1.29, 1.82) is 0 Å². The molecule has 35 heavy (non-hydrogen) atoms. The molecule has 190 valence electrons. The van der Waals surface area contributed by atoms with E-state index in [1.54, 1.807) is 6.08 Å². The normalized spacial score (nSPS) is 28.9. The van der Waals surface area contributed by atoms with E-state index in [2.05, 4.69) is 38.4 Å². The second kappa shape index (κ2) is 12.4. The molecule has 2 aliphatic heterocycles. The van der Waals surface area contributed by atoms with E-state index in [-0.39, 0.29) is 12.2 Å². The Morgan fingerprint density at radius 1 is 0.914 bits per heavy atom. The fourth-order valence-corrected chi connectivity index (χ4v) is 4.98. The van der Waals surface area contributed by atoms with E-state index in [0.29, 0.717) is 26.4 Å². The first kappa shape index (κ1) is 26.2. The molecule has 2 aromatic rings. The molecule has 6 atom stereocenters. The van der Waals surface area contributed by atoms with Gasteiger partial charge in [-0.3, -0.25) is 0 Å². The van der Waals surface area contributed by atoms with Gasteiger partial charge in [-0.25, -0.2) is 0 Å². The Hall–Kier alpha value is -1.84. The Morgan fingerprint density at radius 2 is 1.63 bits per heavy atom. The average molecular weight is 499 g/mol. The van der Waals surface area contributed by atoms with Crippen molar-refractivity contribution in [3.05, 3.63) is 84.4 Å². The molecular formula is C28H38O6Si. The average Bonchev–Trinajstić information content (AvgIpc) is 2.86. The van der Waals surface area contributed by atoms with Crippen LogP contribution in [0.2, 0.25) is 25.7 Å². The summed E-state index contributed by atoms with van der Waals surface area (Å²) in [6.45, 7) is 12.6. The first-order valence-corrected chi connectivity index (χ1v) is 16.1. The number of ether oxygens (including phenoxy) is 6. The monoisotopic (exact) mass is 498 g/mol. The van der Waals surface area contributed by atoms with Crippen LogP contribution in [-0.2, 0) is 35.0 Å². The third-order valence-corrected chi connectivity index (χ3v) is 7.89. The Balaban J connectivity index is 1.55. The fourth-order valence-electron chi connectivity index (χ4n) is 4.25. The predicted octanol–water partition coefficient (Wildman–Crippen LogP) is 5.34. The first-order chi connectivity index (χ1) is 16.9. The van der Waals surface area contributed by atoms with Crippen molar-refractivity contribution in [2.45, 2.75) is 69.3 Å². The molecule has 2 fully saturated rings. The number of hydrogen-bond donors (Lipinski definition) is 0. The molecule has 0 aliphatic carbocycles. The first-order valence-electron chi connectivity index (χ1n) is 12.4. The van der Waals surface area contributed by atoms with E-state index in [0.717, 1.165) is 17.2 Å². The smallest absolute Gasteiger partial charge is 0.186 e. The Kier molecular flexibility index (Phi) is 9.30. The maximum Gasteiger partial charge on any atom is 0.186 e. The molecule has 0 unspecified atom stereocenters. The van der Waals surface area contributed by atoms with Crippen LogP contribution in [-0.4, -0.2) is 58.6 Å². The van der Waals surface area contributed by atoms with E-state index in [9.17, 15) is 0 Å². The molecule has 0 amide bonds. The molecule has 6 nitrogen and oxygen atoms in total. The molecule has 0 radical (unpaired) electrons. The summed E-state index contributed by atoms with van der Waals surface area (Å²) in [5.74, 6) is 0. The molecule has 7 heteroatoms. The van der Waals surface area contributed by atoms with Gasteiger partial charge in [0.1, 0.15) is 24.4 Å². The third kappa shape index (κ3) is 7.33. The van der Waals surface area contributed by atoms with Gasteiger partial charge in [0, 0.05) is 20.2 Å². The lowest BCUT2D eigenvalue weighted by atomic mass is 9.97. The van der Waals surface area contributed by atoms with Crippen LogP contribution in [0.4, 0.5) is 0 Å². The number of fused-ring (bicyclic) bond motifs is 1. The van der Waals surface area contributed by atoms with E-state index < -0.39 is 32.9 Å². The summed E-state index contributed by atoms with van der Waals surface area (Å²) in [4.78, 5) is 0. The molecular weight excluding hydrogens is 460 g/mol. The van der Waals surface area contributed by atoms with Gasteiger partial charge in [0.25, 0.3) is 0 Å². The predicted molar refractivity (Wildman–Crippen MR) is 138 cm³/mol. The van der Waals surface area contributed by atoms with Gasteiger partial charge in [0.05, 0.1) is 19.8 Å². The summed E-state index contributed by atoms with van der Waals surface area (Å²) < 4.78 is 37.9. The van der Waals surface area contributed by atoms with Crippen molar-refractivity contribution in [1.82, 2.24) is 0 Å². The minimum atomic E-state index is -1.26. The Labute approximate surface area is 210 Å². The molecule has 0 spiro atoms. The molecule has 0 saturated carbocycles. The van der Waals surface area contributed by atoms with Gasteiger partial charge in [0.15, 0.2) is 12.6 Å². The molecule has 2 aromatic carbocycles. The summed E-state index contributed by atoms with van der Waals surface area (Å²) in [6.07, 6.45) is -0.894. The van der Waals surface area contributed by atoms with E-state index in [1.165, 1.54) is 0 Å². The van der Waals surface area contributed by atoms with E-state index in [4.69, 9.17) is 28.4 Å². The SMILES string of the molecule is C=CCO[C@H]1[C@H](OCC[Si](C)(C)C)O[C@@H]2CO[C@@H](c3ccccc3)O[C@@H]2[C@@H]1OCc1ccccc1. The van der Waals surface area contributed by atoms with Crippen LogP contribution in [0, 0.1) is 0 Å². The lowest BCUT2D eigenvalue weighted by Crippen LogP contribution is -2.63. The van der Waals surface area contributed by atoms with Crippen LogP contribution in [0.15, 0.2) is 73.3 Å². The second-order valence-corrected chi connectivity index (χ2v) is 15.9. The van der Waals surface area contributed by atoms with Gasteiger partial charge >= 0.3 is 0 Å². The number of rotatable bonds is 11. The maximum absolute atomic E-state index is 6.52. The molecule has 0 bridgehead atoms. The summed E-state index contributed by atoms with van der Waals surface area (Å²) >= 11 is 0. The minimum Gasteiger partial charge on any atom is -0.368 e. The van der Waals surface area contributed by atoms with Crippen LogP contribution in [0.25, 0.3) is 0 Å². The van der Waals surface area contributed by atoms with Crippen molar-refractivity contribution in [3.63, 3.8) is 0 Å². The summed E-state index contributed by atoms with van der Waals surface area (Å²) in [5.41, 5.74) is 2.05. The van der Waals surface area contributed by atoms with Crippen molar-refractivity contribution in [2.24, 2.45) is 0 Å². The molecule has 2 aliphatic rings. The maximum atomic E-state index is 6.52. The van der Waals surface area contributed by atoms with Crippen molar-refractivity contribution < 1.29 is 28.4 Å². The molecule has 0 N–H and O–H groups in total. The van der Waals surface area contributed by atoms with Gasteiger partial charge in [-0.05, 0) is 11.6 Å².